The van der Waals surface area contributed by atoms with Crippen molar-refractivity contribution >= 4 is 34.4 Å². The quantitative estimate of drug-likeness (QED) is 0.249. The van der Waals surface area contributed by atoms with Crippen LogP contribution in [0, 0.1) is 10.1 Å². The van der Waals surface area contributed by atoms with Crippen molar-refractivity contribution in [2.45, 2.75) is 20.0 Å². The highest BCUT2D eigenvalue weighted by Gasteiger charge is 2.19. The van der Waals surface area contributed by atoms with Crippen molar-refractivity contribution in [1.82, 2.24) is 0 Å². The van der Waals surface area contributed by atoms with Crippen molar-refractivity contribution < 1.29 is 26.9 Å². The Morgan fingerprint density at radius 1 is 1.19 bits per heavy atom. The van der Waals surface area contributed by atoms with Crippen LogP contribution in [0.2, 0.25) is 5.02 Å². The minimum atomic E-state index is -0.505. The van der Waals surface area contributed by atoms with E-state index in [2.05, 4.69) is 36.1 Å². The van der Waals surface area contributed by atoms with Crippen LogP contribution in [-0.2, 0) is 0 Å². The molecule has 2 aromatic rings. The molecule has 0 bridgehead atoms. The van der Waals surface area contributed by atoms with Crippen LogP contribution >= 0.6 is 11.6 Å². The molecule has 1 N–H and O–H groups in total. The zero-order valence-electron chi connectivity index (χ0n) is 18.2. The summed E-state index contributed by atoms with van der Waals surface area (Å²) in [6, 6.07) is 11.8. The van der Waals surface area contributed by atoms with Gasteiger partial charge < -0.3 is 26.9 Å². The largest absolute Gasteiger partial charge is 1.00 e. The minimum Gasteiger partial charge on any atom is -1.00 e. The van der Waals surface area contributed by atoms with Crippen LogP contribution in [0.15, 0.2) is 52.7 Å². The molecule has 1 unspecified atom stereocenters. The molecule has 0 saturated carbocycles. The summed E-state index contributed by atoms with van der Waals surface area (Å²) in [6.45, 7) is 7.29. The van der Waals surface area contributed by atoms with Crippen molar-refractivity contribution in [3.8, 4) is 0 Å². The highest BCUT2D eigenvalue weighted by atomic mass is 35.5. The van der Waals surface area contributed by atoms with Gasteiger partial charge in [0.05, 0.1) is 42.8 Å². The van der Waals surface area contributed by atoms with Crippen LogP contribution in [0.1, 0.15) is 13.8 Å². The third kappa shape index (κ3) is 8.41. The maximum atomic E-state index is 10.8. The smallest absolute Gasteiger partial charge is 0.271 e. The van der Waals surface area contributed by atoms with E-state index < -0.39 is 4.92 Å². The molecule has 10 heteroatoms. The van der Waals surface area contributed by atoms with Gasteiger partial charge in [-0.15, -0.1) is 5.11 Å². The van der Waals surface area contributed by atoms with Gasteiger partial charge in [-0.25, -0.2) is 0 Å². The third-order valence-corrected chi connectivity index (χ3v) is 5.05. The zero-order chi connectivity index (χ0) is 22.3. The maximum Gasteiger partial charge on any atom is 0.271 e. The Labute approximate surface area is 194 Å². The summed E-state index contributed by atoms with van der Waals surface area (Å²) in [5, 5.41) is 28.9. The Kier molecular flexibility index (Phi) is 10.3. The number of anilines is 1. The first-order valence-corrected chi connectivity index (χ1v) is 10.2. The molecule has 2 rings (SSSR count). The molecule has 2 aromatic carbocycles. The van der Waals surface area contributed by atoms with E-state index in [9.17, 15) is 15.2 Å². The van der Waals surface area contributed by atoms with Crippen LogP contribution in [0.25, 0.3) is 0 Å². The molecule has 0 radical (unpaired) electrons. The molecule has 0 aliphatic rings. The lowest BCUT2D eigenvalue weighted by Crippen LogP contribution is -3.00. The topological polar surface area (TPSA) is 91.3 Å². The van der Waals surface area contributed by atoms with E-state index in [4.69, 9.17) is 11.6 Å². The summed E-state index contributed by atoms with van der Waals surface area (Å²) >= 11 is 6.05. The lowest BCUT2D eigenvalue weighted by Gasteiger charge is -2.34. The fourth-order valence-corrected chi connectivity index (χ4v) is 3.41. The second-order valence-electron chi connectivity index (χ2n) is 7.88. The molecule has 0 fully saturated rings. The fraction of sp³-hybridized carbons (Fsp3) is 0.429. The van der Waals surface area contributed by atoms with Crippen LogP contribution in [0.3, 0.4) is 0 Å². The van der Waals surface area contributed by atoms with E-state index in [1.54, 1.807) is 0 Å². The van der Waals surface area contributed by atoms with Gasteiger partial charge in [0.2, 0.25) is 0 Å². The Morgan fingerprint density at radius 2 is 1.84 bits per heavy atom. The molecule has 0 aliphatic carbocycles. The lowest BCUT2D eigenvalue weighted by atomic mass is 10.2. The molecule has 0 amide bonds. The summed E-state index contributed by atoms with van der Waals surface area (Å²) in [6.07, 6.45) is -0.330. The first-order valence-electron chi connectivity index (χ1n) is 9.82. The number of benzene rings is 2. The molecule has 0 aliphatic heterocycles. The van der Waals surface area contributed by atoms with E-state index in [0.717, 1.165) is 29.8 Å². The van der Waals surface area contributed by atoms with Gasteiger partial charge in [-0.3, -0.25) is 10.1 Å². The summed E-state index contributed by atoms with van der Waals surface area (Å²) < 4.78 is 0.746. The molecule has 170 valence electrons. The van der Waals surface area contributed by atoms with Crippen molar-refractivity contribution in [1.29, 1.82) is 0 Å². The van der Waals surface area contributed by atoms with E-state index in [1.165, 1.54) is 18.2 Å². The lowest BCUT2D eigenvalue weighted by molar-refractivity contribution is -0.891. The second kappa shape index (κ2) is 12.0. The summed E-state index contributed by atoms with van der Waals surface area (Å²) in [7, 11) is 4.24. The Morgan fingerprint density at radius 3 is 2.35 bits per heavy atom. The van der Waals surface area contributed by atoms with Crippen LogP contribution < -0.4 is 17.3 Å². The minimum absolute atomic E-state index is 0. The SMILES string of the molecule is CCN(CC[N+](C)(C)CC(C)O)c1ccc(N=Nc2ccc([N+](=O)[O-])cc2Cl)cc1.[Cl-]. The average Bonchev–Trinajstić information content (AvgIpc) is 2.67. The standard InChI is InChI=1S/C21H29ClN5O3.ClH/c1-5-25(12-13-27(3,4)15-16(2)28)18-8-6-17(7-9-18)23-24-21-11-10-19(26(29)30)14-20(21)22;/h6-11,14,16,28H,5,12-13,15H2,1-4H3;1H/q+1;/p-1. The van der Waals surface area contributed by atoms with E-state index >= 15 is 0 Å². The Balaban J connectivity index is 0.00000480. The van der Waals surface area contributed by atoms with Crippen molar-refractivity contribution in [2.24, 2.45) is 10.2 Å². The number of halogens is 2. The number of aliphatic hydroxyl groups is 1. The number of rotatable bonds is 10. The van der Waals surface area contributed by atoms with Crippen molar-refractivity contribution in [2.75, 3.05) is 45.2 Å². The first-order chi connectivity index (χ1) is 14.1. The molecule has 1 atom stereocenters. The second-order valence-corrected chi connectivity index (χ2v) is 8.29. The Bertz CT molecular complexity index is 889. The number of likely N-dealkylation sites (N-methyl/N-ethyl adjacent to an activating group) is 2. The van der Waals surface area contributed by atoms with Crippen molar-refractivity contribution in [3.05, 3.63) is 57.6 Å². The summed E-state index contributed by atoms with van der Waals surface area (Å²) in [4.78, 5) is 12.5. The number of aliphatic hydroxyl groups excluding tert-OH is 1. The van der Waals surface area contributed by atoms with Gasteiger partial charge in [-0.2, -0.15) is 5.11 Å². The number of azo groups is 1. The van der Waals surface area contributed by atoms with E-state index in [1.807, 2.05) is 31.2 Å². The van der Waals surface area contributed by atoms with Gasteiger partial charge in [0.25, 0.3) is 5.69 Å². The monoisotopic (exact) mass is 469 g/mol. The van der Waals surface area contributed by atoms with Crippen molar-refractivity contribution in [3.63, 3.8) is 0 Å². The van der Waals surface area contributed by atoms with Crippen LogP contribution in [0.5, 0.6) is 0 Å². The summed E-state index contributed by atoms with van der Waals surface area (Å²) in [5.41, 5.74) is 2.04. The van der Waals surface area contributed by atoms with E-state index in [0.29, 0.717) is 17.9 Å². The number of non-ortho nitro benzene ring substituents is 1. The number of quaternary nitrogens is 1. The van der Waals surface area contributed by atoms with Gasteiger partial charge in [0, 0.05) is 24.4 Å². The third-order valence-electron chi connectivity index (χ3n) is 4.75. The predicted molar refractivity (Wildman–Crippen MR) is 120 cm³/mol. The highest BCUT2D eigenvalue weighted by molar-refractivity contribution is 6.33. The number of hydrogen-bond acceptors (Lipinski definition) is 6. The fourth-order valence-electron chi connectivity index (χ4n) is 3.20. The molecular weight excluding hydrogens is 441 g/mol. The Hall–Kier alpha value is -2.26. The van der Waals surface area contributed by atoms with Gasteiger partial charge in [-0.05, 0) is 44.2 Å². The molecule has 0 heterocycles. The van der Waals surface area contributed by atoms with Crippen LogP contribution in [-0.4, -0.2) is 60.9 Å². The average molecular weight is 470 g/mol. The van der Waals surface area contributed by atoms with Gasteiger partial charge in [0.1, 0.15) is 18.3 Å². The molecule has 31 heavy (non-hydrogen) atoms. The number of nitrogens with zero attached hydrogens (tertiary/aromatic N) is 5. The molecule has 0 spiro atoms. The van der Waals surface area contributed by atoms with Gasteiger partial charge >= 0.3 is 0 Å². The maximum absolute atomic E-state index is 10.8. The molecule has 8 nitrogen and oxygen atoms in total. The predicted octanol–water partition coefficient (Wildman–Crippen LogP) is 1.95. The number of nitro groups is 1. The van der Waals surface area contributed by atoms with Gasteiger partial charge in [0.15, 0.2) is 0 Å². The van der Waals surface area contributed by atoms with Crippen LogP contribution in [0.4, 0.5) is 22.7 Å². The summed E-state index contributed by atoms with van der Waals surface area (Å²) in [5.74, 6) is 0. The van der Waals surface area contributed by atoms with E-state index in [-0.39, 0.29) is 29.2 Å². The highest BCUT2D eigenvalue weighted by Crippen LogP contribution is 2.30. The normalized spacial score (nSPS) is 12.5. The number of nitro benzene ring substituents is 1. The number of hydrogen-bond donors (Lipinski definition) is 1. The van der Waals surface area contributed by atoms with Gasteiger partial charge in [-0.1, -0.05) is 11.6 Å². The first kappa shape index (κ1) is 26.8. The molecule has 0 saturated heterocycles. The molecule has 0 aromatic heterocycles. The zero-order valence-corrected chi connectivity index (χ0v) is 19.7. The molecular formula is C21H29Cl2N5O3.